The molecule has 1 aliphatic rings. The molecule has 1 aliphatic heterocycles. The second-order valence-electron chi connectivity index (χ2n) is 4.36. The van der Waals surface area contributed by atoms with Crippen LogP contribution in [0.25, 0.3) is 0 Å². The minimum atomic E-state index is -0.101. The molecular formula is C11H19N3O3. The molecule has 2 heterocycles. The lowest BCUT2D eigenvalue weighted by Crippen LogP contribution is -2.28. The van der Waals surface area contributed by atoms with E-state index < -0.39 is 0 Å². The van der Waals surface area contributed by atoms with Gasteiger partial charge in [-0.1, -0.05) is 5.16 Å². The molecule has 1 saturated heterocycles. The van der Waals surface area contributed by atoms with Crippen LogP contribution in [0.5, 0.6) is 0 Å². The summed E-state index contributed by atoms with van der Waals surface area (Å²) in [4.78, 5) is 4.30. The minimum Gasteiger partial charge on any atom is -0.383 e. The van der Waals surface area contributed by atoms with Crippen molar-refractivity contribution in [3.8, 4) is 0 Å². The van der Waals surface area contributed by atoms with E-state index >= 15 is 0 Å². The molecule has 0 saturated carbocycles. The van der Waals surface area contributed by atoms with E-state index in [0.717, 1.165) is 25.9 Å². The first-order valence-electron chi connectivity index (χ1n) is 5.95. The fourth-order valence-electron chi connectivity index (χ4n) is 1.96. The van der Waals surface area contributed by atoms with Gasteiger partial charge in [0.1, 0.15) is 0 Å². The Bertz CT molecular complexity index is 336. The number of methoxy groups -OCH3 is 1. The summed E-state index contributed by atoms with van der Waals surface area (Å²) in [6, 6.07) is -0.101. The van der Waals surface area contributed by atoms with E-state index in [9.17, 15) is 0 Å². The van der Waals surface area contributed by atoms with Gasteiger partial charge in [0.2, 0.25) is 5.89 Å². The first-order chi connectivity index (χ1) is 8.28. The SMILES string of the molecule is COCC(N)Cc1nc(CC2CCCO2)no1. The number of nitrogens with two attached hydrogens (primary N) is 1. The molecule has 1 aromatic rings. The Hall–Kier alpha value is -0.980. The summed E-state index contributed by atoms with van der Waals surface area (Å²) in [6.45, 7) is 1.33. The van der Waals surface area contributed by atoms with Crippen LogP contribution < -0.4 is 5.73 Å². The molecule has 1 aromatic heterocycles. The Morgan fingerprint density at radius 3 is 3.18 bits per heavy atom. The molecule has 1 fully saturated rings. The molecule has 0 amide bonds. The number of ether oxygens (including phenoxy) is 2. The minimum absolute atomic E-state index is 0.101. The molecule has 17 heavy (non-hydrogen) atoms. The van der Waals surface area contributed by atoms with Gasteiger partial charge in [0, 0.05) is 32.6 Å². The van der Waals surface area contributed by atoms with Crippen LogP contribution in [-0.4, -0.2) is 42.6 Å². The number of aromatic nitrogens is 2. The van der Waals surface area contributed by atoms with Gasteiger partial charge in [-0.3, -0.25) is 0 Å². The topological polar surface area (TPSA) is 83.4 Å². The number of hydrogen-bond donors (Lipinski definition) is 1. The van der Waals surface area contributed by atoms with Crippen molar-refractivity contribution in [1.29, 1.82) is 0 Å². The van der Waals surface area contributed by atoms with Crippen molar-refractivity contribution in [1.82, 2.24) is 10.1 Å². The van der Waals surface area contributed by atoms with Gasteiger partial charge in [0.15, 0.2) is 5.82 Å². The third-order valence-corrected chi connectivity index (χ3v) is 2.76. The van der Waals surface area contributed by atoms with Gasteiger partial charge in [-0.05, 0) is 12.8 Å². The molecule has 2 N–H and O–H groups in total. The average Bonchev–Trinajstić information content (AvgIpc) is 2.91. The summed E-state index contributed by atoms with van der Waals surface area (Å²) in [5.41, 5.74) is 5.81. The van der Waals surface area contributed by atoms with E-state index in [0.29, 0.717) is 24.7 Å². The Kier molecular flexibility index (Phi) is 4.47. The van der Waals surface area contributed by atoms with E-state index in [1.165, 1.54) is 0 Å². The lowest BCUT2D eigenvalue weighted by atomic mass is 10.2. The first kappa shape index (κ1) is 12.5. The maximum atomic E-state index is 5.81. The smallest absolute Gasteiger partial charge is 0.228 e. The van der Waals surface area contributed by atoms with Gasteiger partial charge in [-0.25, -0.2) is 0 Å². The summed E-state index contributed by atoms with van der Waals surface area (Å²) >= 11 is 0. The summed E-state index contributed by atoms with van der Waals surface area (Å²) in [6.07, 6.45) is 3.71. The standard InChI is InChI=1S/C11H19N3O3/c1-15-7-8(12)5-11-13-10(14-17-11)6-9-3-2-4-16-9/h8-9H,2-7,12H2,1H3. The van der Waals surface area contributed by atoms with E-state index in [-0.39, 0.29) is 12.1 Å². The van der Waals surface area contributed by atoms with Crippen molar-refractivity contribution < 1.29 is 14.0 Å². The Morgan fingerprint density at radius 2 is 2.47 bits per heavy atom. The molecule has 0 spiro atoms. The van der Waals surface area contributed by atoms with Gasteiger partial charge >= 0.3 is 0 Å². The van der Waals surface area contributed by atoms with E-state index in [1.54, 1.807) is 7.11 Å². The predicted octanol–water partition coefficient (Wildman–Crippen LogP) is 0.307. The van der Waals surface area contributed by atoms with Crippen LogP contribution in [0, 0.1) is 0 Å². The van der Waals surface area contributed by atoms with Crippen molar-refractivity contribution >= 4 is 0 Å². The summed E-state index contributed by atoms with van der Waals surface area (Å²) < 4.78 is 15.6. The van der Waals surface area contributed by atoms with Gasteiger partial charge in [0.05, 0.1) is 12.7 Å². The second kappa shape index (κ2) is 6.09. The molecule has 0 bridgehead atoms. The number of nitrogens with zero attached hydrogens (tertiary/aromatic N) is 2. The highest BCUT2D eigenvalue weighted by Gasteiger charge is 2.19. The molecule has 2 atom stereocenters. The van der Waals surface area contributed by atoms with Crippen LogP contribution in [-0.2, 0) is 22.3 Å². The molecule has 96 valence electrons. The lowest BCUT2D eigenvalue weighted by molar-refractivity contribution is 0.109. The maximum Gasteiger partial charge on any atom is 0.228 e. The highest BCUT2D eigenvalue weighted by molar-refractivity contribution is 4.91. The fourth-order valence-corrected chi connectivity index (χ4v) is 1.96. The van der Waals surface area contributed by atoms with Crippen LogP contribution in [0.15, 0.2) is 4.52 Å². The zero-order chi connectivity index (χ0) is 12.1. The Labute approximate surface area is 100 Å². The van der Waals surface area contributed by atoms with Gasteiger partial charge in [-0.2, -0.15) is 4.98 Å². The fraction of sp³-hybridized carbons (Fsp3) is 0.818. The van der Waals surface area contributed by atoms with Crippen LogP contribution in [0.1, 0.15) is 24.6 Å². The zero-order valence-electron chi connectivity index (χ0n) is 10.1. The van der Waals surface area contributed by atoms with Crippen LogP contribution in [0.4, 0.5) is 0 Å². The molecular weight excluding hydrogens is 222 g/mol. The summed E-state index contributed by atoms with van der Waals surface area (Å²) in [5.74, 6) is 1.28. The zero-order valence-corrected chi connectivity index (χ0v) is 10.1. The van der Waals surface area contributed by atoms with Gasteiger partial charge in [-0.15, -0.1) is 0 Å². The number of hydrogen-bond acceptors (Lipinski definition) is 6. The summed E-state index contributed by atoms with van der Waals surface area (Å²) in [5, 5.41) is 3.93. The molecule has 6 heteroatoms. The van der Waals surface area contributed by atoms with Crippen LogP contribution in [0.2, 0.25) is 0 Å². The van der Waals surface area contributed by atoms with Crippen LogP contribution >= 0.6 is 0 Å². The van der Waals surface area contributed by atoms with Crippen LogP contribution in [0.3, 0.4) is 0 Å². The van der Waals surface area contributed by atoms with E-state index in [2.05, 4.69) is 10.1 Å². The third-order valence-electron chi connectivity index (χ3n) is 2.76. The maximum absolute atomic E-state index is 5.81. The third kappa shape index (κ3) is 3.76. The van der Waals surface area contributed by atoms with Crippen molar-refractivity contribution in [3.05, 3.63) is 11.7 Å². The number of rotatable bonds is 6. The normalized spacial score (nSPS) is 21.9. The van der Waals surface area contributed by atoms with Crippen molar-refractivity contribution in [3.63, 3.8) is 0 Å². The monoisotopic (exact) mass is 241 g/mol. The first-order valence-corrected chi connectivity index (χ1v) is 5.95. The van der Waals surface area contributed by atoms with E-state index in [4.69, 9.17) is 19.7 Å². The quantitative estimate of drug-likeness (QED) is 0.771. The molecule has 0 aliphatic carbocycles. The molecule has 6 nitrogen and oxygen atoms in total. The Balaban J connectivity index is 1.82. The molecule has 0 radical (unpaired) electrons. The van der Waals surface area contributed by atoms with Gasteiger partial charge < -0.3 is 19.7 Å². The Morgan fingerprint density at radius 1 is 1.59 bits per heavy atom. The van der Waals surface area contributed by atoms with Crippen molar-refractivity contribution in [2.75, 3.05) is 20.3 Å². The molecule has 0 aromatic carbocycles. The largest absolute Gasteiger partial charge is 0.383 e. The summed E-state index contributed by atoms with van der Waals surface area (Å²) in [7, 11) is 1.62. The highest BCUT2D eigenvalue weighted by atomic mass is 16.5. The van der Waals surface area contributed by atoms with E-state index in [1.807, 2.05) is 0 Å². The van der Waals surface area contributed by atoms with Gasteiger partial charge in [0.25, 0.3) is 0 Å². The van der Waals surface area contributed by atoms with Crippen molar-refractivity contribution in [2.24, 2.45) is 5.73 Å². The second-order valence-corrected chi connectivity index (χ2v) is 4.36. The lowest BCUT2D eigenvalue weighted by Gasteiger charge is -2.06. The molecule has 2 unspecified atom stereocenters. The molecule has 2 rings (SSSR count). The average molecular weight is 241 g/mol. The highest BCUT2D eigenvalue weighted by Crippen LogP contribution is 2.15. The predicted molar refractivity (Wildman–Crippen MR) is 60.5 cm³/mol. The van der Waals surface area contributed by atoms with Crippen molar-refractivity contribution in [2.45, 2.75) is 37.8 Å².